The molecule has 3 nitrogen and oxygen atoms in total. The van der Waals surface area contributed by atoms with E-state index in [1.165, 1.54) is 6.42 Å². The highest BCUT2D eigenvalue weighted by atomic mass is 16.5. The quantitative estimate of drug-likeness (QED) is 0.820. The Morgan fingerprint density at radius 2 is 2.07 bits per heavy atom. The van der Waals surface area contributed by atoms with Crippen LogP contribution in [0.5, 0.6) is 11.5 Å². The van der Waals surface area contributed by atoms with Crippen molar-refractivity contribution >= 4 is 0 Å². The minimum absolute atomic E-state index is 0.273. The Morgan fingerprint density at radius 1 is 1.27 bits per heavy atom. The van der Waals surface area contributed by atoms with Crippen molar-refractivity contribution in [2.75, 3.05) is 20.2 Å². The van der Waals surface area contributed by atoms with Gasteiger partial charge in [-0.3, -0.25) is 0 Å². The van der Waals surface area contributed by atoms with Crippen LogP contribution in [-0.2, 0) is 0 Å². The molecule has 1 saturated heterocycles. The topological polar surface area (TPSA) is 30.5 Å². The maximum Gasteiger partial charge on any atom is 0.161 e. The van der Waals surface area contributed by atoms with Gasteiger partial charge < -0.3 is 14.8 Å². The number of methoxy groups -OCH3 is 1. The molecule has 0 amide bonds. The monoisotopic (exact) mass is 207 g/mol. The van der Waals surface area contributed by atoms with Gasteiger partial charge >= 0.3 is 0 Å². The lowest BCUT2D eigenvalue weighted by Crippen LogP contribution is -2.37. The smallest absolute Gasteiger partial charge is 0.161 e. The van der Waals surface area contributed by atoms with Gasteiger partial charge in [-0.1, -0.05) is 12.1 Å². The molecule has 0 saturated carbocycles. The van der Waals surface area contributed by atoms with E-state index in [4.69, 9.17) is 9.47 Å². The molecule has 1 atom stereocenters. The van der Waals surface area contributed by atoms with Crippen LogP contribution in [0.2, 0.25) is 0 Å². The molecule has 1 aromatic carbocycles. The van der Waals surface area contributed by atoms with E-state index in [0.29, 0.717) is 0 Å². The molecule has 0 radical (unpaired) electrons. The molecular weight excluding hydrogens is 190 g/mol. The highest BCUT2D eigenvalue weighted by Gasteiger charge is 2.15. The van der Waals surface area contributed by atoms with Gasteiger partial charge in [-0.2, -0.15) is 0 Å². The van der Waals surface area contributed by atoms with Crippen molar-refractivity contribution in [3.05, 3.63) is 24.3 Å². The average molecular weight is 207 g/mol. The summed E-state index contributed by atoms with van der Waals surface area (Å²) in [5.74, 6) is 1.65. The summed E-state index contributed by atoms with van der Waals surface area (Å²) in [5.41, 5.74) is 0. The van der Waals surface area contributed by atoms with Crippen molar-refractivity contribution in [1.82, 2.24) is 5.32 Å². The SMILES string of the molecule is COc1ccccc1O[C@@H]1CCCNC1. The highest BCUT2D eigenvalue weighted by molar-refractivity contribution is 5.39. The molecule has 1 N–H and O–H groups in total. The van der Waals surface area contributed by atoms with Crippen LogP contribution in [0, 0.1) is 0 Å². The molecule has 0 spiro atoms. The number of ether oxygens (including phenoxy) is 2. The summed E-state index contributed by atoms with van der Waals surface area (Å²) in [7, 11) is 1.67. The summed E-state index contributed by atoms with van der Waals surface area (Å²) in [6, 6.07) is 7.79. The van der Waals surface area contributed by atoms with Gasteiger partial charge in [0.2, 0.25) is 0 Å². The highest BCUT2D eigenvalue weighted by Crippen LogP contribution is 2.27. The van der Waals surface area contributed by atoms with Gasteiger partial charge in [-0.05, 0) is 31.5 Å². The number of hydrogen-bond donors (Lipinski definition) is 1. The molecule has 82 valence electrons. The van der Waals surface area contributed by atoms with Crippen LogP contribution in [0.25, 0.3) is 0 Å². The van der Waals surface area contributed by atoms with E-state index in [0.717, 1.165) is 31.0 Å². The molecular formula is C12H17NO2. The third-order valence-electron chi connectivity index (χ3n) is 2.61. The molecule has 2 rings (SSSR count). The second-order valence-corrected chi connectivity index (χ2v) is 3.74. The summed E-state index contributed by atoms with van der Waals surface area (Å²) in [4.78, 5) is 0. The van der Waals surface area contributed by atoms with Gasteiger partial charge in [0.25, 0.3) is 0 Å². The molecule has 0 aliphatic carbocycles. The molecule has 1 fully saturated rings. The first kappa shape index (κ1) is 10.3. The third-order valence-corrected chi connectivity index (χ3v) is 2.61. The number of para-hydroxylation sites is 2. The van der Waals surface area contributed by atoms with Crippen molar-refractivity contribution in [3.63, 3.8) is 0 Å². The van der Waals surface area contributed by atoms with Gasteiger partial charge in [0.15, 0.2) is 11.5 Å². The minimum Gasteiger partial charge on any atom is -0.493 e. The lowest BCUT2D eigenvalue weighted by molar-refractivity contribution is 0.161. The number of piperidine rings is 1. The fraction of sp³-hybridized carbons (Fsp3) is 0.500. The zero-order valence-electron chi connectivity index (χ0n) is 9.03. The van der Waals surface area contributed by atoms with Crippen LogP contribution in [0.15, 0.2) is 24.3 Å². The predicted molar refractivity (Wildman–Crippen MR) is 59.5 cm³/mol. The average Bonchev–Trinajstić information content (AvgIpc) is 2.31. The Balaban J connectivity index is 2.02. The van der Waals surface area contributed by atoms with E-state index in [1.807, 2.05) is 24.3 Å². The molecule has 0 bridgehead atoms. The molecule has 0 aromatic heterocycles. The Hall–Kier alpha value is -1.22. The molecule has 3 heteroatoms. The van der Waals surface area contributed by atoms with Gasteiger partial charge in [0.1, 0.15) is 6.10 Å². The van der Waals surface area contributed by atoms with Crippen LogP contribution in [0.4, 0.5) is 0 Å². The summed E-state index contributed by atoms with van der Waals surface area (Å²) in [6.07, 6.45) is 2.57. The molecule has 0 unspecified atom stereocenters. The lowest BCUT2D eigenvalue weighted by Gasteiger charge is -2.24. The van der Waals surface area contributed by atoms with Gasteiger partial charge in [0, 0.05) is 6.54 Å². The van der Waals surface area contributed by atoms with Gasteiger partial charge in [0.05, 0.1) is 7.11 Å². The van der Waals surface area contributed by atoms with Crippen molar-refractivity contribution in [1.29, 1.82) is 0 Å². The van der Waals surface area contributed by atoms with Crippen molar-refractivity contribution < 1.29 is 9.47 Å². The zero-order valence-corrected chi connectivity index (χ0v) is 9.03. The summed E-state index contributed by atoms with van der Waals surface area (Å²) in [6.45, 7) is 2.03. The second-order valence-electron chi connectivity index (χ2n) is 3.74. The van der Waals surface area contributed by atoms with E-state index in [2.05, 4.69) is 5.32 Å². The molecule has 1 aliphatic rings. The number of hydrogen-bond acceptors (Lipinski definition) is 3. The zero-order chi connectivity index (χ0) is 10.5. The lowest BCUT2D eigenvalue weighted by atomic mass is 10.1. The number of benzene rings is 1. The number of rotatable bonds is 3. The Bertz CT molecular complexity index is 308. The van der Waals surface area contributed by atoms with Crippen LogP contribution < -0.4 is 14.8 Å². The molecule has 1 aliphatic heterocycles. The van der Waals surface area contributed by atoms with Crippen LogP contribution in [0.1, 0.15) is 12.8 Å². The van der Waals surface area contributed by atoms with Crippen molar-refractivity contribution in [2.24, 2.45) is 0 Å². The maximum absolute atomic E-state index is 5.89. The Kier molecular flexibility index (Phi) is 3.45. The van der Waals surface area contributed by atoms with Crippen molar-refractivity contribution in [3.8, 4) is 11.5 Å². The Labute approximate surface area is 90.4 Å². The summed E-state index contributed by atoms with van der Waals surface area (Å²) >= 11 is 0. The van der Waals surface area contributed by atoms with Crippen LogP contribution in [0.3, 0.4) is 0 Å². The van der Waals surface area contributed by atoms with Crippen LogP contribution >= 0.6 is 0 Å². The van der Waals surface area contributed by atoms with Crippen LogP contribution in [-0.4, -0.2) is 26.3 Å². The molecule has 15 heavy (non-hydrogen) atoms. The van der Waals surface area contributed by atoms with Gasteiger partial charge in [-0.25, -0.2) is 0 Å². The molecule has 1 aromatic rings. The fourth-order valence-electron chi connectivity index (χ4n) is 1.82. The summed E-state index contributed by atoms with van der Waals surface area (Å²) in [5, 5.41) is 3.33. The Morgan fingerprint density at radius 3 is 2.73 bits per heavy atom. The van der Waals surface area contributed by atoms with E-state index in [9.17, 15) is 0 Å². The second kappa shape index (κ2) is 5.03. The summed E-state index contributed by atoms with van der Waals surface area (Å²) < 4.78 is 11.1. The minimum atomic E-state index is 0.273. The standard InChI is InChI=1S/C12H17NO2/c1-14-11-6-2-3-7-12(11)15-10-5-4-8-13-9-10/h2-3,6-7,10,13H,4-5,8-9H2,1H3/t10-/m1/s1. The third kappa shape index (κ3) is 2.63. The maximum atomic E-state index is 5.89. The first-order chi connectivity index (χ1) is 7.40. The van der Waals surface area contributed by atoms with E-state index < -0.39 is 0 Å². The number of nitrogens with one attached hydrogen (secondary N) is 1. The first-order valence-electron chi connectivity index (χ1n) is 5.40. The normalized spacial score (nSPS) is 21.0. The van der Waals surface area contributed by atoms with E-state index >= 15 is 0 Å². The van der Waals surface area contributed by atoms with E-state index in [-0.39, 0.29) is 6.10 Å². The largest absolute Gasteiger partial charge is 0.493 e. The first-order valence-corrected chi connectivity index (χ1v) is 5.40. The molecule has 1 heterocycles. The van der Waals surface area contributed by atoms with E-state index in [1.54, 1.807) is 7.11 Å². The van der Waals surface area contributed by atoms with Crippen molar-refractivity contribution in [2.45, 2.75) is 18.9 Å². The fourth-order valence-corrected chi connectivity index (χ4v) is 1.82. The predicted octanol–water partition coefficient (Wildman–Crippen LogP) is 1.83. The van der Waals surface area contributed by atoms with Gasteiger partial charge in [-0.15, -0.1) is 0 Å².